The summed E-state index contributed by atoms with van der Waals surface area (Å²) < 4.78 is 7.94. The third-order valence-electron chi connectivity index (χ3n) is 2.68. The number of nitrogens with one attached hydrogen (secondary N) is 1. The maximum atomic E-state index is 11.5. The molecule has 0 aromatic carbocycles. The van der Waals surface area contributed by atoms with Gasteiger partial charge in [0, 0.05) is 12.3 Å². The van der Waals surface area contributed by atoms with E-state index < -0.39 is 0 Å². The van der Waals surface area contributed by atoms with Gasteiger partial charge in [0.05, 0.1) is 17.6 Å². The molecule has 2 aromatic heterocycles. The van der Waals surface area contributed by atoms with Crippen LogP contribution < -0.4 is 5.32 Å². The van der Waals surface area contributed by atoms with Crippen LogP contribution in [0.2, 0.25) is 0 Å². The average molecular weight is 305 g/mol. The summed E-state index contributed by atoms with van der Waals surface area (Å²) >= 11 is 6.17. The Morgan fingerprint density at radius 1 is 1.55 bits per heavy atom. The minimum absolute atomic E-state index is 0.180. The van der Waals surface area contributed by atoms with Gasteiger partial charge < -0.3 is 9.73 Å². The Morgan fingerprint density at radius 2 is 2.40 bits per heavy atom. The number of amides is 1. The van der Waals surface area contributed by atoms with Gasteiger partial charge in [-0.05, 0) is 24.6 Å². The zero-order chi connectivity index (χ0) is 14.1. The Hall–Kier alpha value is -1.86. The average Bonchev–Trinajstić information content (AvgIpc) is 3.05. The van der Waals surface area contributed by atoms with E-state index in [4.69, 9.17) is 16.6 Å². The number of aryl methyl sites for hydroxylation is 1. The number of hydrogen-bond donors (Lipinski definition) is 1. The molecule has 1 amide bonds. The van der Waals surface area contributed by atoms with Crippen molar-refractivity contribution in [2.45, 2.75) is 13.5 Å². The lowest BCUT2D eigenvalue weighted by molar-refractivity contribution is -0.115. The van der Waals surface area contributed by atoms with Crippen molar-refractivity contribution in [2.75, 3.05) is 0 Å². The summed E-state index contributed by atoms with van der Waals surface area (Å²) in [5, 5.41) is 6.77. The maximum absolute atomic E-state index is 11.5. The number of rotatable bonds is 3. The Morgan fingerprint density at radius 3 is 3.05 bits per heavy atom. The molecule has 3 heterocycles. The van der Waals surface area contributed by atoms with Crippen LogP contribution in [0.5, 0.6) is 0 Å². The molecule has 0 aliphatic carbocycles. The van der Waals surface area contributed by atoms with E-state index in [0.717, 1.165) is 11.3 Å². The van der Waals surface area contributed by atoms with Crippen molar-refractivity contribution in [1.29, 1.82) is 0 Å². The predicted molar refractivity (Wildman–Crippen MR) is 81.1 cm³/mol. The van der Waals surface area contributed by atoms with Crippen molar-refractivity contribution in [3.63, 3.8) is 0 Å². The van der Waals surface area contributed by atoms with Gasteiger partial charge in [0.25, 0.3) is 5.91 Å². The van der Waals surface area contributed by atoms with Crippen molar-refractivity contribution in [1.82, 2.24) is 15.1 Å². The molecule has 20 heavy (non-hydrogen) atoms. The zero-order valence-corrected chi connectivity index (χ0v) is 12.3. The van der Waals surface area contributed by atoms with Crippen LogP contribution in [0.1, 0.15) is 17.1 Å². The van der Waals surface area contributed by atoms with Crippen LogP contribution in [-0.2, 0) is 11.3 Å². The molecule has 3 rings (SSSR count). The van der Waals surface area contributed by atoms with Crippen LogP contribution in [-0.4, -0.2) is 20.0 Å². The standard InChI is InChI=1S/C13H11N3O2S2/c1-8-5-14-16(6-8)7-10-3-2-9(18-10)4-11-12(17)15-13(19)20-11/h2-6H,7H2,1H3,(H,15,17,19). The summed E-state index contributed by atoms with van der Waals surface area (Å²) in [6, 6.07) is 3.70. The summed E-state index contributed by atoms with van der Waals surface area (Å²) in [4.78, 5) is 12.1. The fraction of sp³-hybridized carbons (Fsp3) is 0.154. The molecule has 1 N–H and O–H groups in total. The molecule has 2 aromatic rings. The molecular weight excluding hydrogens is 294 g/mol. The van der Waals surface area contributed by atoms with E-state index in [-0.39, 0.29) is 5.91 Å². The van der Waals surface area contributed by atoms with Crippen molar-refractivity contribution < 1.29 is 9.21 Å². The van der Waals surface area contributed by atoms with E-state index in [9.17, 15) is 4.79 Å². The normalized spacial score (nSPS) is 16.9. The van der Waals surface area contributed by atoms with Gasteiger partial charge in [-0.1, -0.05) is 24.0 Å². The molecule has 1 saturated heterocycles. The maximum Gasteiger partial charge on any atom is 0.263 e. The molecule has 0 bridgehead atoms. The molecule has 0 unspecified atom stereocenters. The van der Waals surface area contributed by atoms with Crippen molar-refractivity contribution in [3.8, 4) is 0 Å². The summed E-state index contributed by atoms with van der Waals surface area (Å²) in [7, 11) is 0. The van der Waals surface area contributed by atoms with Gasteiger partial charge in [0.2, 0.25) is 0 Å². The molecule has 5 nitrogen and oxygen atoms in total. The van der Waals surface area contributed by atoms with Crippen LogP contribution in [0.25, 0.3) is 6.08 Å². The molecular formula is C13H11N3O2S2. The number of hydrogen-bond acceptors (Lipinski definition) is 5. The van der Waals surface area contributed by atoms with Gasteiger partial charge in [-0.3, -0.25) is 9.48 Å². The highest BCUT2D eigenvalue weighted by Crippen LogP contribution is 2.26. The van der Waals surface area contributed by atoms with Gasteiger partial charge >= 0.3 is 0 Å². The van der Waals surface area contributed by atoms with Crippen LogP contribution in [0.4, 0.5) is 0 Å². The monoisotopic (exact) mass is 305 g/mol. The highest BCUT2D eigenvalue weighted by molar-refractivity contribution is 8.26. The number of carbonyl (C=O) groups is 1. The summed E-state index contributed by atoms with van der Waals surface area (Å²) in [6.07, 6.45) is 5.43. The molecule has 102 valence electrons. The fourth-order valence-corrected chi connectivity index (χ4v) is 2.84. The second kappa shape index (κ2) is 5.26. The molecule has 0 radical (unpaired) electrons. The second-order valence-electron chi connectivity index (χ2n) is 4.37. The van der Waals surface area contributed by atoms with E-state index in [1.54, 1.807) is 17.0 Å². The lowest BCUT2D eigenvalue weighted by atomic mass is 10.3. The molecule has 7 heteroatoms. The van der Waals surface area contributed by atoms with Gasteiger partial charge in [-0.25, -0.2) is 0 Å². The van der Waals surface area contributed by atoms with Gasteiger partial charge in [-0.15, -0.1) is 0 Å². The second-order valence-corrected chi connectivity index (χ2v) is 6.09. The number of carbonyl (C=O) groups excluding carboxylic acids is 1. The summed E-state index contributed by atoms with van der Waals surface area (Å²) in [5.41, 5.74) is 1.10. The Balaban J connectivity index is 1.75. The van der Waals surface area contributed by atoms with Gasteiger partial charge in [-0.2, -0.15) is 5.10 Å². The molecule has 0 atom stereocenters. The predicted octanol–water partition coefficient (Wildman–Crippen LogP) is 2.32. The van der Waals surface area contributed by atoms with Crippen LogP contribution >= 0.6 is 24.0 Å². The lowest BCUT2D eigenvalue weighted by Gasteiger charge is -1.96. The van der Waals surface area contributed by atoms with Crippen molar-refractivity contribution in [2.24, 2.45) is 0 Å². The first-order chi connectivity index (χ1) is 9.60. The number of thioether (sulfide) groups is 1. The Bertz CT molecular complexity index is 715. The minimum Gasteiger partial charge on any atom is -0.460 e. The van der Waals surface area contributed by atoms with E-state index in [1.807, 2.05) is 25.3 Å². The SMILES string of the molecule is Cc1cnn(Cc2ccc(C=C3SC(=S)NC3=O)o2)c1. The number of nitrogens with zero attached hydrogens (tertiary/aromatic N) is 2. The lowest BCUT2D eigenvalue weighted by Crippen LogP contribution is -2.17. The third-order valence-corrected chi connectivity index (χ3v) is 3.84. The van der Waals surface area contributed by atoms with Crippen LogP contribution in [0, 0.1) is 6.92 Å². The first-order valence-electron chi connectivity index (χ1n) is 5.93. The fourth-order valence-electron chi connectivity index (χ4n) is 1.82. The smallest absolute Gasteiger partial charge is 0.263 e. The van der Waals surface area contributed by atoms with Gasteiger partial charge in [0.1, 0.15) is 15.8 Å². The Labute approximate surface area is 125 Å². The molecule has 1 aliphatic rings. The van der Waals surface area contributed by atoms with Crippen LogP contribution in [0.3, 0.4) is 0 Å². The zero-order valence-electron chi connectivity index (χ0n) is 10.6. The van der Waals surface area contributed by atoms with Crippen molar-refractivity contribution >= 4 is 40.3 Å². The first kappa shape index (κ1) is 13.1. The quantitative estimate of drug-likeness (QED) is 0.696. The highest BCUT2D eigenvalue weighted by Gasteiger charge is 2.22. The summed E-state index contributed by atoms with van der Waals surface area (Å²) in [6.45, 7) is 2.55. The van der Waals surface area contributed by atoms with E-state index in [0.29, 0.717) is 21.5 Å². The van der Waals surface area contributed by atoms with E-state index in [2.05, 4.69) is 10.4 Å². The number of aromatic nitrogens is 2. The molecule has 1 fully saturated rings. The van der Waals surface area contributed by atoms with Crippen LogP contribution in [0.15, 0.2) is 33.8 Å². The molecule has 1 aliphatic heterocycles. The van der Waals surface area contributed by atoms with Gasteiger partial charge in [0.15, 0.2) is 0 Å². The van der Waals surface area contributed by atoms with Crippen molar-refractivity contribution in [3.05, 3.63) is 46.5 Å². The third kappa shape index (κ3) is 2.83. The number of thiocarbonyl (C=S) groups is 1. The molecule has 0 spiro atoms. The Kier molecular flexibility index (Phi) is 3.45. The summed E-state index contributed by atoms with van der Waals surface area (Å²) in [5.74, 6) is 1.23. The number of furan rings is 1. The topological polar surface area (TPSA) is 60.1 Å². The van der Waals surface area contributed by atoms with E-state index in [1.165, 1.54) is 11.8 Å². The largest absolute Gasteiger partial charge is 0.460 e. The molecule has 0 saturated carbocycles. The van der Waals surface area contributed by atoms with E-state index >= 15 is 0 Å². The first-order valence-corrected chi connectivity index (χ1v) is 7.15. The highest BCUT2D eigenvalue weighted by atomic mass is 32.2. The minimum atomic E-state index is -0.180.